The molecule has 1 amide bonds. The van der Waals surface area contributed by atoms with Gasteiger partial charge in [0.15, 0.2) is 0 Å². The Hall–Kier alpha value is -3.45. The molecule has 3 N–H and O–H groups in total. The van der Waals surface area contributed by atoms with E-state index >= 15 is 0 Å². The predicted molar refractivity (Wildman–Crippen MR) is 108 cm³/mol. The standard InChI is InChI=1S/C21H20N4O3/c22-21(27)20(26)17-5-6-18(16-4-2-1-3-15(16)17)24-14-7-8-23-19(13-14)25-9-11-28-12-10-25/h1-8,13H,9-12H2,(H2,22,27)(H,23,24). The Morgan fingerprint density at radius 2 is 1.79 bits per heavy atom. The molecule has 0 radical (unpaired) electrons. The summed E-state index contributed by atoms with van der Waals surface area (Å²) in [6, 6.07) is 14.7. The molecule has 7 heteroatoms. The zero-order valence-corrected chi connectivity index (χ0v) is 15.2. The molecule has 0 saturated carbocycles. The molecule has 7 nitrogen and oxygen atoms in total. The summed E-state index contributed by atoms with van der Waals surface area (Å²) in [5.74, 6) is -0.769. The molecule has 1 aliphatic heterocycles. The van der Waals surface area contributed by atoms with Crippen LogP contribution in [0.4, 0.5) is 17.2 Å². The molecule has 1 saturated heterocycles. The van der Waals surface area contributed by atoms with Crippen LogP contribution >= 0.6 is 0 Å². The molecule has 0 unspecified atom stereocenters. The minimum atomic E-state index is -0.963. The van der Waals surface area contributed by atoms with E-state index in [9.17, 15) is 9.59 Å². The van der Waals surface area contributed by atoms with E-state index in [1.165, 1.54) is 0 Å². The Morgan fingerprint density at radius 3 is 2.54 bits per heavy atom. The summed E-state index contributed by atoms with van der Waals surface area (Å²) < 4.78 is 5.40. The predicted octanol–water partition coefficient (Wildman–Crippen LogP) is 2.48. The van der Waals surface area contributed by atoms with E-state index in [0.29, 0.717) is 24.2 Å². The maximum atomic E-state index is 12.1. The van der Waals surface area contributed by atoms with Gasteiger partial charge in [-0.1, -0.05) is 24.3 Å². The molecular weight excluding hydrogens is 356 g/mol. The van der Waals surface area contributed by atoms with Crippen molar-refractivity contribution in [3.8, 4) is 0 Å². The fourth-order valence-electron chi connectivity index (χ4n) is 3.36. The topological polar surface area (TPSA) is 97.5 Å². The zero-order chi connectivity index (χ0) is 19.5. The van der Waals surface area contributed by atoms with E-state index in [1.54, 1.807) is 18.3 Å². The quantitative estimate of drug-likeness (QED) is 0.524. The van der Waals surface area contributed by atoms with Crippen LogP contribution in [0, 0.1) is 0 Å². The van der Waals surface area contributed by atoms with Gasteiger partial charge in [-0.2, -0.15) is 0 Å². The van der Waals surface area contributed by atoms with Gasteiger partial charge in [-0.25, -0.2) is 4.98 Å². The molecular formula is C21H20N4O3. The molecule has 2 aromatic carbocycles. The number of rotatable bonds is 5. The van der Waals surface area contributed by atoms with Crippen molar-refractivity contribution < 1.29 is 14.3 Å². The highest BCUT2D eigenvalue weighted by molar-refractivity contribution is 6.44. The number of Topliss-reactive ketones (excluding diaryl/α,β-unsaturated/α-hetero) is 1. The van der Waals surface area contributed by atoms with Crippen LogP contribution in [0.3, 0.4) is 0 Å². The maximum absolute atomic E-state index is 12.1. The van der Waals surface area contributed by atoms with Crippen LogP contribution in [0.15, 0.2) is 54.7 Å². The second-order valence-electron chi connectivity index (χ2n) is 6.53. The Balaban J connectivity index is 1.68. The molecule has 28 heavy (non-hydrogen) atoms. The van der Waals surface area contributed by atoms with Crippen LogP contribution in [-0.2, 0) is 9.53 Å². The number of benzene rings is 2. The first-order chi connectivity index (χ1) is 13.6. The van der Waals surface area contributed by atoms with Crippen LogP contribution in [0.2, 0.25) is 0 Å². The average molecular weight is 376 g/mol. The van der Waals surface area contributed by atoms with Gasteiger partial charge in [0.05, 0.1) is 13.2 Å². The number of anilines is 3. The molecule has 2 heterocycles. The second kappa shape index (κ2) is 7.66. The first-order valence-corrected chi connectivity index (χ1v) is 9.05. The third-order valence-electron chi connectivity index (χ3n) is 4.75. The summed E-state index contributed by atoms with van der Waals surface area (Å²) in [6.07, 6.45) is 1.76. The van der Waals surface area contributed by atoms with Crippen LogP contribution < -0.4 is 16.0 Å². The number of ether oxygens (including phenoxy) is 1. The molecule has 4 rings (SSSR count). The van der Waals surface area contributed by atoms with E-state index in [4.69, 9.17) is 10.5 Å². The number of ketones is 1. The molecule has 142 valence electrons. The Morgan fingerprint density at radius 1 is 1.04 bits per heavy atom. The van der Waals surface area contributed by atoms with Gasteiger partial charge in [0.1, 0.15) is 5.82 Å². The first-order valence-electron chi connectivity index (χ1n) is 9.05. The molecule has 3 aromatic rings. The highest BCUT2D eigenvalue weighted by Gasteiger charge is 2.17. The number of aromatic nitrogens is 1. The highest BCUT2D eigenvalue weighted by Crippen LogP contribution is 2.30. The molecule has 0 bridgehead atoms. The number of carbonyl (C=O) groups is 2. The number of primary amides is 1. The molecule has 1 aromatic heterocycles. The van der Waals surface area contributed by atoms with Gasteiger partial charge in [0, 0.05) is 47.7 Å². The lowest BCUT2D eigenvalue weighted by Crippen LogP contribution is -2.36. The monoisotopic (exact) mass is 376 g/mol. The van der Waals surface area contributed by atoms with Crippen molar-refractivity contribution in [1.82, 2.24) is 4.98 Å². The lowest BCUT2D eigenvalue weighted by atomic mass is 9.99. The van der Waals surface area contributed by atoms with Gasteiger partial charge in [-0.05, 0) is 23.6 Å². The van der Waals surface area contributed by atoms with Crippen LogP contribution in [-0.4, -0.2) is 43.0 Å². The number of fused-ring (bicyclic) bond motifs is 1. The summed E-state index contributed by atoms with van der Waals surface area (Å²) >= 11 is 0. The third-order valence-corrected chi connectivity index (χ3v) is 4.75. The van der Waals surface area contributed by atoms with Crippen molar-refractivity contribution >= 4 is 39.7 Å². The fraction of sp³-hybridized carbons (Fsp3) is 0.190. The average Bonchev–Trinajstić information content (AvgIpc) is 2.74. The highest BCUT2D eigenvalue weighted by atomic mass is 16.5. The van der Waals surface area contributed by atoms with E-state index in [-0.39, 0.29) is 0 Å². The van der Waals surface area contributed by atoms with Gasteiger partial charge in [-0.15, -0.1) is 0 Å². The van der Waals surface area contributed by atoms with Crippen LogP contribution in [0.1, 0.15) is 10.4 Å². The normalized spacial score (nSPS) is 14.1. The Bertz CT molecular complexity index is 1040. The Kier molecular flexibility index (Phi) is 4.90. The number of hydrogen-bond donors (Lipinski definition) is 2. The summed E-state index contributed by atoms with van der Waals surface area (Å²) in [5.41, 5.74) is 7.20. The van der Waals surface area contributed by atoms with E-state index < -0.39 is 11.7 Å². The van der Waals surface area contributed by atoms with Crippen LogP contribution in [0.5, 0.6) is 0 Å². The largest absolute Gasteiger partial charge is 0.378 e. The maximum Gasteiger partial charge on any atom is 0.289 e. The second-order valence-corrected chi connectivity index (χ2v) is 6.53. The van der Waals surface area contributed by atoms with Crippen LogP contribution in [0.25, 0.3) is 10.8 Å². The first kappa shape index (κ1) is 17.9. The molecule has 0 atom stereocenters. The zero-order valence-electron chi connectivity index (χ0n) is 15.2. The summed E-state index contributed by atoms with van der Waals surface area (Å²) in [5, 5.41) is 4.91. The van der Waals surface area contributed by atoms with Crippen molar-refractivity contribution in [2.45, 2.75) is 0 Å². The number of nitrogens with two attached hydrogens (primary N) is 1. The van der Waals surface area contributed by atoms with Gasteiger partial charge >= 0.3 is 0 Å². The number of nitrogens with zero attached hydrogens (tertiary/aromatic N) is 2. The molecule has 0 aliphatic carbocycles. The number of carbonyl (C=O) groups excluding carboxylic acids is 2. The summed E-state index contributed by atoms with van der Waals surface area (Å²) in [6.45, 7) is 3.01. The SMILES string of the molecule is NC(=O)C(=O)c1ccc(Nc2ccnc(N3CCOCC3)c2)c2ccccc12. The summed E-state index contributed by atoms with van der Waals surface area (Å²) in [4.78, 5) is 30.1. The molecule has 1 aliphatic rings. The van der Waals surface area contributed by atoms with E-state index in [0.717, 1.165) is 35.7 Å². The minimum Gasteiger partial charge on any atom is -0.378 e. The van der Waals surface area contributed by atoms with Crippen molar-refractivity contribution in [1.29, 1.82) is 0 Å². The number of pyridine rings is 1. The third kappa shape index (κ3) is 3.52. The summed E-state index contributed by atoms with van der Waals surface area (Å²) in [7, 11) is 0. The van der Waals surface area contributed by atoms with Crippen molar-refractivity contribution in [2.75, 3.05) is 36.5 Å². The van der Waals surface area contributed by atoms with Crippen molar-refractivity contribution in [3.05, 3.63) is 60.3 Å². The van der Waals surface area contributed by atoms with Gasteiger partial charge in [0.2, 0.25) is 0 Å². The minimum absolute atomic E-state index is 0.303. The van der Waals surface area contributed by atoms with Gasteiger partial charge in [-0.3, -0.25) is 9.59 Å². The fourth-order valence-corrected chi connectivity index (χ4v) is 3.36. The van der Waals surface area contributed by atoms with Gasteiger partial charge < -0.3 is 20.7 Å². The molecule has 1 fully saturated rings. The number of amides is 1. The van der Waals surface area contributed by atoms with Crippen molar-refractivity contribution in [3.63, 3.8) is 0 Å². The smallest absolute Gasteiger partial charge is 0.289 e. The number of morpholine rings is 1. The van der Waals surface area contributed by atoms with Crippen molar-refractivity contribution in [2.24, 2.45) is 5.73 Å². The van der Waals surface area contributed by atoms with Gasteiger partial charge in [0.25, 0.3) is 11.7 Å². The van der Waals surface area contributed by atoms with E-state index in [2.05, 4.69) is 15.2 Å². The number of nitrogens with one attached hydrogen (secondary N) is 1. The Labute approximate surface area is 162 Å². The lowest BCUT2D eigenvalue weighted by molar-refractivity contribution is -0.114. The molecule has 0 spiro atoms. The van der Waals surface area contributed by atoms with E-state index in [1.807, 2.05) is 36.4 Å². The number of hydrogen-bond acceptors (Lipinski definition) is 6. The lowest BCUT2D eigenvalue weighted by Gasteiger charge is -2.28.